The molecule has 0 aromatic heterocycles. The summed E-state index contributed by atoms with van der Waals surface area (Å²) >= 11 is 3.76. The highest BCUT2D eigenvalue weighted by atomic mass is 79.9. The number of benzene rings is 7. The lowest BCUT2D eigenvalue weighted by atomic mass is 9.61. The minimum Gasteiger partial charge on any atom is -0.289 e. The molecule has 1 spiro atoms. The van der Waals surface area contributed by atoms with Gasteiger partial charge in [0.2, 0.25) is 0 Å². The van der Waals surface area contributed by atoms with Crippen molar-refractivity contribution < 1.29 is 4.79 Å². The maximum atomic E-state index is 14.3. The third-order valence-corrected chi connectivity index (χ3v) is 10.2. The van der Waals surface area contributed by atoms with Crippen LogP contribution in [0, 0.1) is 0 Å². The Balaban J connectivity index is 1.35. The van der Waals surface area contributed by atoms with Gasteiger partial charge in [0.05, 0.1) is 5.41 Å². The highest BCUT2D eigenvalue weighted by molar-refractivity contribution is 9.10. The van der Waals surface area contributed by atoms with Crippen LogP contribution in [0.4, 0.5) is 0 Å². The van der Waals surface area contributed by atoms with Crippen LogP contribution in [0.25, 0.3) is 44.5 Å². The standard InChI is InChI=1S/C44H27BrO/c45-34-20-22-38-42(27-34)44(39-17-9-7-15-35(39)36-16-8-10-18-40(36)44)41-26-30(19-21-37(41)43(38)46)33-24-31(28-11-3-1-4-12-28)23-32(25-33)29-13-5-2-6-14-29/h1-27H. The fourth-order valence-electron chi connectivity index (χ4n) is 7.75. The SMILES string of the molecule is O=C1c2ccc(Br)cc2C2(c3cc(-c4cc(-c5ccccc5)cc(-c5ccccc5)c4)ccc31)c1ccccc1-c1ccccc12. The lowest BCUT2D eigenvalue weighted by molar-refractivity contribution is 0.103. The molecule has 2 aliphatic carbocycles. The number of carbonyl (C=O) groups excluding carboxylic acids is 1. The second kappa shape index (κ2) is 10.4. The van der Waals surface area contributed by atoms with Crippen LogP contribution >= 0.6 is 15.9 Å². The number of fused-ring (bicyclic) bond motifs is 9. The summed E-state index contributed by atoms with van der Waals surface area (Å²) in [5.41, 5.74) is 14.6. The minimum atomic E-state index is -0.634. The monoisotopic (exact) mass is 650 g/mol. The van der Waals surface area contributed by atoms with Gasteiger partial charge in [-0.1, -0.05) is 137 Å². The molecule has 0 N–H and O–H groups in total. The van der Waals surface area contributed by atoms with Gasteiger partial charge in [0, 0.05) is 15.6 Å². The Morgan fingerprint density at radius 1 is 0.348 bits per heavy atom. The van der Waals surface area contributed by atoms with Crippen LogP contribution in [0.3, 0.4) is 0 Å². The predicted molar refractivity (Wildman–Crippen MR) is 191 cm³/mol. The Morgan fingerprint density at radius 3 is 1.37 bits per heavy atom. The summed E-state index contributed by atoms with van der Waals surface area (Å²) < 4.78 is 0.961. The summed E-state index contributed by atoms with van der Waals surface area (Å²) in [4.78, 5) is 14.3. The van der Waals surface area contributed by atoms with Gasteiger partial charge in [0.15, 0.2) is 5.78 Å². The lowest BCUT2D eigenvalue weighted by Gasteiger charge is -2.40. The summed E-state index contributed by atoms with van der Waals surface area (Å²) in [5, 5.41) is 0. The predicted octanol–water partition coefficient (Wildman–Crippen LogP) is 11.4. The normalized spacial score (nSPS) is 13.5. The smallest absolute Gasteiger partial charge is 0.193 e. The zero-order valence-corrected chi connectivity index (χ0v) is 26.5. The molecule has 0 fully saturated rings. The number of carbonyl (C=O) groups is 1. The molecule has 0 aliphatic heterocycles. The lowest BCUT2D eigenvalue weighted by Crippen LogP contribution is -2.36. The van der Waals surface area contributed by atoms with E-state index in [4.69, 9.17) is 0 Å². The Labute approximate surface area is 277 Å². The van der Waals surface area contributed by atoms with Gasteiger partial charge in [-0.25, -0.2) is 0 Å². The fraction of sp³-hybridized carbons (Fsp3) is 0.0227. The van der Waals surface area contributed by atoms with Crippen LogP contribution in [-0.4, -0.2) is 5.78 Å². The first kappa shape index (κ1) is 27.0. The highest BCUT2D eigenvalue weighted by Gasteiger charge is 2.51. The Kier molecular flexibility index (Phi) is 6.10. The molecule has 46 heavy (non-hydrogen) atoms. The van der Waals surface area contributed by atoms with Gasteiger partial charge in [-0.2, -0.15) is 0 Å². The zero-order chi connectivity index (χ0) is 30.8. The average Bonchev–Trinajstić information content (AvgIpc) is 3.42. The Bertz CT molecular complexity index is 2230. The van der Waals surface area contributed by atoms with Gasteiger partial charge in [-0.15, -0.1) is 0 Å². The first-order valence-corrected chi connectivity index (χ1v) is 16.4. The summed E-state index contributed by atoms with van der Waals surface area (Å²) in [5.74, 6) is 0.0690. The second-order valence-electron chi connectivity index (χ2n) is 12.2. The second-order valence-corrected chi connectivity index (χ2v) is 13.1. The fourth-order valence-corrected chi connectivity index (χ4v) is 8.11. The Hall–Kier alpha value is -5.31. The number of ketones is 1. The van der Waals surface area contributed by atoms with Gasteiger partial charge in [0.1, 0.15) is 0 Å². The highest BCUT2D eigenvalue weighted by Crippen LogP contribution is 2.59. The van der Waals surface area contributed by atoms with Crippen molar-refractivity contribution in [3.05, 3.63) is 202 Å². The van der Waals surface area contributed by atoms with Crippen LogP contribution in [-0.2, 0) is 5.41 Å². The summed E-state index contributed by atoms with van der Waals surface area (Å²) in [6, 6.07) is 57.9. The first-order chi connectivity index (χ1) is 22.6. The molecule has 0 saturated carbocycles. The molecular formula is C44H27BrO. The van der Waals surface area contributed by atoms with Crippen LogP contribution in [0.1, 0.15) is 38.2 Å². The molecule has 9 rings (SSSR count). The van der Waals surface area contributed by atoms with E-state index in [1.165, 1.54) is 33.4 Å². The van der Waals surface area contributed by atoms with E-state index in [1.807, 2.05) is 12.1 Å². The molecule has 0 bridgehead atoms. The van der Waals surface area contributed by atoms with Crippen molar-refractivity contribution in [2.45, 2.75) is 5.41 Å². The molecule has 0 amide bonds. The number of hydrogen-bond donors (Lipinski definition) is 0. The molecule has 0 radical (unpaired) electrons. The molecule has 1 nitrogen and oxygen atoms in total. The number of halogens is 1. The maximum absolute atomic E-state index is 14.3. The average molecular weight is 652 g/mol. The van der Waals surface area contributed by atoms with Crippen molar-refractivity contribution in [1.82, 2.24) is 0 Å². The van der Waals surface area contributed by atoms with Crippen molar-refractivity contribution >= 4 is 21.7 Å². The van der Waals surface area contributed by atoms with E-state index < -0.39 is 5.41 Å². The first-order valence-electron chi connectivity index (χ1n) is 15.6. The van der Waals surface area contributed by atoms with Crippen LogP contribution in [0.2, 0.25) is 0 Å². The molecule has 0 atom stereocenters. The largest absolute Gasteiger partial charge is 0.289 e. The number of rotatable bonds is 3. The van der Waals surface area contributed by atoms with E-state index in [-0.39, 0.29) is 5.78 Å². The van der Waals surface area contributed by atoms with E-state index in [1.54, 1.807) is 0 Å². The third-order valence-electron chi connectivity index (χ3n) is 9.73. The Morgan fingerprint density at radius 2 is 0.804 bits per heavy atom. The van der Waals surface area contributed by atoms with Crippen molar-refractivity contribution in [2.24, 2.45) is 0 Å². The van der Waals surface area contributed by atoms with E-state index >= 15 is 0 Å². The topological polar surface area (TPSA) is 17.1 Å². The molecule has 2 heteroatoms. The van der Waals surface area contributed by atoms with Gasteiger partial charge >= 0.3 is 0 Å². The van der Waals surface area contributed by atoms with Gasteiger partial charge in [0.25, 0.3) is 0 Å². The summed E-state index contributed by atoms with van der Waals surface area (Å²) in [6.07, 6.45) is 0. The quantitative estimate of drug-likeness (QED) is 0.186. The van der Waals surface area contributed by atoms with Crippen molar-refractivity contribution in [3.63, 3.8) is 0 Å². The maximum Gasteiger partial charge on any atom is 0.193 e. The van der Waals surface area contributed by atoms with Crippen LogP contribution in [0.15, 0.2) is 168 Å². The van der Waals surface area contributed by atoms with Gasteiger partial charge < -0.3 is 0 Å². The van der Waals surface area contributed by atoms with Gasteiger partial charge in [-0.05, 0) is 109 Å². The number of hydrogen-bond acceptors (Lipinski definition) is 1. The molecule has 0 heterocycles. The minimum absolute atomic E-state index is 0.0690. The molecule has 0 saturated heterocycles. The van der Waals surface area contributed by atoms with Crippen molar-refractivity contribution in [1.29, 1.82) is 0 Å². The van der Waals surface area contributed by atoms with Crippen molar-refractivity contribution in [3.8, 4) is 44.5 Å². The van der Waals surface area contributed by atoms with E-state index in [0.29, 0.717) is 0 Å². The molecular weight excluding hydrogens is 624 g/mol. The molecule has 0 unspecified atom stereocenters. The van der Waals surface area contributed by atoms with Crippen molar-refractivity contribution in [2.75, 3.05) is 0 Å². The van der Waals surface area contributed by atoms with E-state index in [0.717, 1.165) is 49.0 Å². The molecule has 7 aromatic rings. The third kappa shape index (κ3) is 3.90. The molecule has 216 valence electrons. The van der Waals surface area contributed by atoms with Crippen LogP contribution in [0.5, 0.6) is 0 Å². The van der Waals surface area contributed by atoms with Crippen LogP contribution < -0.4 is 0 Å². The molecule has 2 aliphatic rings. The summed E-state index contributed by atoms with van der Waals surface area (Å²) in [7, 11) is 0. The zero-order valence-electron chi connectivity index (χ0n) is 24.9. The van der Waals surface area contributed by atoms with E-state index in [2.05, 4.69) is 168 Å². The summed E-state index contributed by atoms with van der Waals surface area (Å²) in [6.45, 7) is 0. The molecule has 7 aromatic carbocycles. The van der Waals surface area contributed by atoms with Gasteiger partial charge in [-0.3, -0.25) is 4.79 Å². The van der Waals surface area contributed by atoms with E-state index in [9.17, 15) is 4.79 Å².